The van der Waals surface area contributed by atoms with E-state index in [4.69, 9.17) is 5.84 Å². The number of amides is 1. The minimum absolute atomic E-state index is 0.215. The van der Waals surface area contributed by atoms with Crippen molar-refractivity contribution in [2.75, 3.05) is 5.43 Å². The molecule has 7 heteroatoms. The number of nitrogen functional groups attached to an aromatic ring is 1. The maximum atomic E-state index is 11.9. The minimum atomic E-state index is -0.299. The molecule has 2 aromatic rings. The molecule has 0 aliphatic heterocycles. The summed E-state index contributed by atoms with van der Waals surface area (Å²) in [5.74, 6) is 5.25. The second kappa shape index (κ2) is 6.26. The molecule has 1 amide bonds. The van der Waals surface area contributed by atoms with E-state index in [1.807, 2.05) is 24.3 Å². The van der Waals surface area contributed by atoms with Crippen LogP contribution in [0, 0.1) is 0 Å². The van der Waals surface area contributed by atoms with Crippen LogP contribution in [-0.2, 0) is 6.54 Å². The highest BCUT2D eigenvalue weighted by molar-refractivity contribution is 9.10. The van der Waals surface area contributed by atoms with Gasteiger partial charge in [-0.1, -0.05) is 28.1 Å². The number of halogens is 1. The third kappa shape index (κ3) is 3.73. The average molecular weight is 322 g/mol. The van der Waals surface area contributed by atoms with E-state index in [0.717, 1.165) is 10.0 Å². The molecule has 98 valence electrons. The summed E-state index contributed by atoms with van der Waals surface area (Å²) in [7, 11) is 0. The zero-order chi connectivity index (χ0) is 13.7. The fourth-order valence-electron chi connectivity index (χ4n) is 1.42. The fourth-order valence-corrected chi connectivity index (χ4v) is 1.68. The first-order valence-corrected chi connectivity index (χ1v) is 6.29. The Labute approximate surface area is 118 Å². The second-order valence-electron chi connectivity index (χ2n) is 3.74. The van der Waals surface area contributed by atoms with Crippen LogP contribution in [0.1, 0.15) is 16.1 Å². The van der Waals surface area contributed by atoms with Crippen molar-refractivity contribution in [3.63, 3.8) is 0 Å². The van der Waals surface area contributed by atoms with Gasteiger partial charge in [-0.15, -0.1) is 0 Å². The molecule has 0 unspecified atom stereocenters. The van der Waals surface area contributed by atoms with Gasteiger partial charge in [0.2, 0.25) is 0 Å². The Balaban J connectivity index is 1.99. The van der Waals surface area contributed by atoms with Crippen LogP contribution in [0.2, 0.25) is 0 Å². The molecule has 0 bridgehead atoms. The first-order valence-electron chi connectivity index (χ1n) is 5.50. The van der Waals surface area contributed by atoms with E-state index in [2.05, 4.69) is 36.6 Å². The zero-order valence-electron chi connectivity index (χ0n) is 9.93. The fraction of sp³-hybridized carbons (Fsp3) is 0.0833. The molecule has 0 saturated heterocycles. The largest absolute Gasteiger partial charge is 0.347 e. The predicted molar refractivity (Wildman–Crippen MR) is 75.2 cm³/mol. The zero-order valence-corrected chi connectivity index (χ0v) is 11.5. The number of benzene rings is 1. The van der Waals surface area contributed by atoms with Crippen molar-refractivity contribution in [3.8, 4) is 0 Å². The summed E-state index contributed by atoms with van der Waals surface area (Å²) >= 11 is 3.35. The van der Waals surface area contributed by atoms with Gasteiger partial charge in [0.15, 0.2) is 5.82 Å². The minimum Gasteiger partial charge on any atom is -0.347 e. The molecule has 1 aromatic carbocycles. The molecule has 6 nitrogen and oxygen atoms in total. The molecular weight excluding hydrogens is 310 g/mol. The number of rotatable bonds is 4. The van der Waals surface area contributed by atoms with Crippen molar-refractivity contribution in [2.45, 2.75) is 6.54 Å². The van der Waals surface area contributed by atoms with E-state index in [0.29, 0.717) is 12.4 Å². The summed E-state index contributed by atoms with van der Waals surface area (Å²) in [6.07, 6.45) is 2.82. The van der Waals surface area contributed by atoms with E-state index < -0.39 is 0 Å². The van der Waals surface area contributed by atoms with Gasteiger partial charge in [0.25, 0.3) is 5.91 Å². The number of carbonyl (C=O) groups is 1. The Morgan fingerprint density at radius 1 is 1.26 bits per heavy atom. The number of aromatic nitrogens is 2. The molecule has 1 aromatic heterocycles. The van der Waals surface area contributed by atoms with Crippen molar-refractivity contribution in [3.05, 3.63) is 52.4 Å². The Bertz CT molecular complexity index is 573. The lowest BCUT2D eigenvalue weighted by Gasteiger charge is -2.06. The van der Waals surface area contributed by atoms with Crippen LogP contribution in [-0.4, -0.2) is 15.9 Å². The highest BCUT2D eigenvalue weighted by Gasteiger charge is 2.08. The first kappa shape index (κ1) is 13.4. The summed E-state index contributed by atoms with van der Waals surface area (Å²) in [6.45, 7) is 0.425. The van der Waals surface area contributed by atoms with Crippen LogP contribution >= 0.6 is 15.9 Å². The highest BCUT2D eigenvalue weighted by Crippen LogP contribution is 2.10. The lowest BCUT2D eigenvalue weighted by atomic mass is 10.2. The molecule has 0 aliphatic rings. The number of hydrogen-bond acceptors (Lipinski definition) is 5. The maximum absolute atomic E-state index is 11.9. The van der Waals surface area contributed by atoms with Gasteiger partial charge < -0.3 is 10.7 Å². The van der Waals surface area contributed by atoms with E-state index in [9.17, 15) is 4.79 Å². The van der Waals surface area contributed by atoms with Gasteiger partial charge in [0, 0.05) is 11.0 Å². The van der Waals surface area contributed by atoms with Crippen LogP contribution in [0.5, 0.6) is 0 Å². The molecular formula is C12H12BrN5O. The van der Waals surface area contributed by atoms with Crippen LogP contribution in [0.15, 0.2) is 41.1 Å². The van der Waals surface area contributed by atoms with Crippen molar-refractivity contribution in [1.29, 1.82) is 0 Å². The van der Waals surface area contributed by atoms with Crippen molar-refractivity contribution < 1.29 is 4.79 Å². The summed E-state index contributed by atoms with van der Waals surface area (Å²) in [5.41, 5.74) is 3.56. The van der Waals surface area contributed by atoms with Crippen LogP contribution in [0.25, 0.3) is 0 Å². The lowest BCUT2D eigenvalue weighted by Crippen LogP contribution is -2.24. The number of nitrogens with one attached hydrogen (secondary N) is 2. The monoisotopic (exact) mass is 321 g/mol. The molecule has 0 radical (unpaired) electrons. The third-order valence-electron chi connectivity index (χ3n) is 2.38. The second-order valence-corrected chi connectivity index (χ2v) is 4.66. The smallest absolute Gasteiger partial charge is 0.271 e. The van der Waals surface area contributed by atoms with Gasteiger partial charge >= 0.3 is 0 Å². The maximum Gasteiger partial charge on any atom is 0.271 e. The molecule has 19 heavy (non-hydrogen) atoms. The van der Waals surface area contributed by atoms with Crippen LogP contribution in [0.4, 0.5) is 5.82 Å². The van der Waals surface area contributed by atoms with E-state index >= 15 is 0 Å². The Morgan fingerprint density at radius 3 is 2.68 bits per heavy atom. The van der Waals surface area contributed by atoms with Gasteiger partial charge in [-0.2, -0.15) is 0 Å². The molecule has 2 rings (SSSR count). The standard InChI is InChI=1S/C12H12BrN5O/c13-9-3-1-8(2-4-9)5-16-12(19)10-6-15-7-11(17-10)18-14/h1-4,6-7H,5,14H2,(H,16,19)(H,17,18). The van der Waals surface area contributed by atoms with Gasteiger partial charge in [-0.25, -0.2) is 10.8 Å². The normalized spacial score (nSPS) is 10.0. The SMILES string of the molecule is NNc1cncc(C(=O)NCc2ccc(Br)cc2)n1. The van der Waals surface area contributed by atoms with E-state index in [-0.39, 0.29) is 11.6 Å². The first-order chi connectivity index (χ1) is 9.19. The molecule has 0 fully saturated rings. The van der Waals surface area contributed by atoms with Gasteiger partial charge in [-0.05, 0) is 17.7 Å². The van der Waals surface area contributed by atoms with Crippen molar-refractivity contribution in [1.82, 2.24) is 15.3 Å². The Hall–Kier alpha value is -1.99. The van der Waals surface area contributed by atoms with Crippen molar-refractivity contribution >= 4 is 27.7 Å². The number of hydrogen-bond donors (Lipinski definition) is 3. The number of carbonyl (C=O) groups excluding carboxylic acids is 1. The predicted octanol–water partition coefficient (Wildman–Crippen LogP) is 1.45. The average Bonchev–Trinajstić information content (AvgIpc) is 2.46. The molecule has 0 atom stereocenters. The highest BCUT2D eigenvalue weighted by atomic mass is 79.9. The van der Waals surface area contributed by atoms with Crippen LogP contribution < -0.4 is 16.6 Å². The summed E-state index contributed by atoms with van der Waals surface area (Å²) in [5, 5.41) is 2.76. The number of nitrogens with two attached hydrogens (primary N) is 1. The van der Waals surface area contributed by atoms with E-state index in [1.165, 1.54) is 12.4 Å². The molecule has 4 N–H and O–H groups in total. The Morgan fingerprint density at radius 2 is 2.00 bits per heavy atom. The molecule has 0 saturated carbocycles. The van der Waals surface area contributed by atoms with Crippen LogP contribution in [0.3, 0.4) is 0 Å². The Kier molecular flexibility index (Phi) is 4.43. The lowest BCUT2D eigenvalue weighted by molar-refractivity contribution is 0.0945. The van der Waals surface area contributed by atoms with Gasteiger partial charge in [0.1, 0.15) is 5.69 Å². The molecule has 0 spiro atoms. The summed E-state index contributed by atoms with van der Waals surface area (Å²) in [6, 6.07) is 7.68. The molecule has 1 heterocycles. The quantitative estimate of drug-likeness (QED) is 0.585. The van der Waals surface area contributed by atoms with Gasteiger partial charge in [0.05, 0.1) is 12.4 Å². The van der Waals surface area contributed by atoms with Gasteiger partial charge in [-0.3, -0.25) is 9.78 Å². The molecule has 0 aliphatic carbocycles. The van der Waals surface area contributed by atoms with E-state index in [1.54, 1.807) is 0 Å². The number of nitrogens with zero attached hydrogens (tertiary/aromatic N) is 2. The summed E-state index contributed by atoms with van der Waals surface area (Å²) < 4.78 is 0.996. The summed E-state index contributed by atoms with van der Waals surface area (Å²) in [4.78, 5) is 19.7. The topological polar surface area (TPSA) is 92.9 Å². The van der Waals surface area contributed by atoms with Crippen molar-refractivity contribution in [2.24, 2.45) is 5.84 Å². The third-order valence-corrected chi connectivity index (χ3v) is 2.91. The number of hydrazine groups is 1. The number of anilines is 1.